The number of methoxy groups -OCH3 is 1. The third-order valence-electron chi connectivity index (χ3n) is 3.22. The molecule has 0 aliphatic carbocycles. The predicted octanol–water partition coefficient (Wildman–Crippen LogP) is -0.217. The number of hydrogen-bond donors (Lipinski definition) is 1. The van der Waals surface area contributed by atoms with Gasteiger partial charge in [0.1, 0.15) is 5.56 Å². The number of nitrogens with zero attached hydrogens (tertiary/aromatic N) is 3. The molecule has 1 saturated heterocycles. The maximum Gasteiger partial charge on any atom is 0.341 e. The maximum absolute atomic E-state index is 11.7. The van der Waals surface area contributed by atoms with Crippen LogP contribution in [0.25, 0.3) is 0 Å². The van der Waals surface area contributed by atoms with E-state index in [4.69, 9.17) is 4.74 Å². The number of piperazine rings is 1. The number of aromatic nitrogens is 2. The van der Waals surface area contributed by atoms with Crippen molar-refractivity contribution in [1.29, 1.82) is 0 Å². The molecule has 1 atom stereocenters. The van der Waals surface area contributed by atoms with E-state index in [-0.39, 0.29) is 12.0 Å². The van der Waals surface area contributed by atoms with Crippen molar-refractivity contribution in [2.24, 2.45) is 7.05 Å². The lowest BCUT2D eigenvalue weighted by molar-refractivity contribution is 0.0595. The number of rotatable bonds is 2. The van der Waals surface area contributed by atoms with Gasteiger partial charge in [0.05, 0.1) is 25.0 Å². The third kappa shape index (κ3) is 2.18. The van der Waals surface area contributed by atoms with Crippen LogP contribution < -0.4 is 5.32 Å². The maximum atomic E-state index is 11.7. The van der Waals surface area contributed by atoms with Crippen molar-refractivity contribution >= 4 is 5.97 Å². The highest BCUT2D eigenvalue weighted by Gasteiger charge is 2.28. The van der Waals surface area contributed by atoms with E-state index >= 15 is 0 Å². The van der Waals surface area contributed by atoms with Gasteiger partial charge in [0.25, 0.3) is 0 Å². The smallest absolute Gasteiger partial charge is 0.341 e. The zero-order chi connectivity index (χ0) is 12.4. The highest BCUT2D eigenvalue weighted by Crippen LogP contribution is 2.24. The molecule has 2 rings (SSSR count). The number of likely N-dealkylation sites (N-methyl/N-ethyl adjacent to an activating group) is 1. The molecular formula is C11H18N4O2. The van der Waals surface area contributed by atoms with Crippen LogP contribution in [0.1, 0.15) is 22.1 Å². The first kappa shape index (κ1) is 12.1. The largest absolute Gasteiger partial charge is 0.465 e. The molecule has 1 aliphatic heterocycles. The van der Waals surface area contributed by atoms with Crippen LogP contribution in [0.5, 0.6) is 0 Å². The molecule has 1 fully saturated rings. The Morgan fingerprint density at radius 1 is 1.59 bits per heavy atom. The van der Waals surface area contributed by atoms with E-state index in [1.165, 1.54) is 7.11 Å². The first-order chi connectivity index (χ1) is 8.15. The van der Waals surface area contributed by atoms with Crippen molar-refractivity contribution in [2.75, 3.05) is 33.8 Å². The van der Waals surface area contributed by atoms with Crippen LogP contribution >= 0.6 is 0 Å². The van der Waals surface area contributed by atoms with Crippen LogP contribution in [0.4, 0.5) is 0 Å². The quantitative estimate of drug-likeness (QED) is 0.722. The number of ether oxygens (including phenoxy) is 1. The molecule has 0 radical (unpaired) electrons. The Hall–Kier alpha value is -1.40. The van der Waals surface area contributed by atoms with Crippen LogP contribution in [0, 0.1) is 0 Å². The second kappa shape index (κ2) is 4.85. The minimum Gasteiger partial charge on any atom is -0.465 e. The number of aryl methyl sites for hydroxylation is 1. The standard InChI is InChI=1S/C11H18N4O2/c1-14-5-4-12-7-9(14)10-8(11(16)17-3)6-13-15(10)2/h6,9,12H,4-5,7H2,1-3H3. The lowest BCUT2D eigenvalue weighted by Gasteiger charge is -2.33. The first-order valence-corrected chi connectivity index (χ1v) is 5.66. The van der Waals surface area contributed by atoms with E-state index in [0.29, 0.717) is 5.56 Å². The summed E-state index contributed by atoms with van der Waals surface area (Å²) in [6.07, 6.45) is 1.57. The van der Waals surface area contributed by atoms with Crippen LogP contribution in [0.15, 0.2) is 6.20 Å². The molecule has 6 nitrogen and oxygen atoms in total. The van der Waals surface area contributed by atoms with Gasteiger partial charge >= 0.3 is 5.97 Å². The van der Waals surface area contributed by atoms with Gasteiger partial charge in [-0.2, -0.15) is 5.10 Å². The van der Waals surface area contributed by atoms with Gasteiger partial charge in [-0.15, -0.1) is 0 Å². The molecule has 2 heterocycles. The molecule has 0 bridgehead atoms. The number of nitrogens with one attached hydrogen (secondary N) is 1. The molecule has 6 heteroatoms. The SMILES string of the molecule is COC(=O)c1cnn(C)c1C1CNCCN1C. The lowest BCUT2D eigenvalue weighted by Crippen LogP contribution is -2.45. The van der Waals surface area contributed by atoms with Crippen LogP contribution in [0.2, 0.25) is 0 Å². The van der Waals surface area contributed by atoms with Crippen molar-refractivity contribution in [1.82, 2.24) is 20.0 Å². The molecule has 0 spiro atoms. The Balaban J connectivity index is 2.35. The Kier molecular flexibility index (Phi) is 3.44. The molecule has 1 N–H and O–H groups in total. The van der Waals surface area contributed by atoms with Gasteiger partial charge < -0.3 is 10.1 Å². The van der Waals surface area contributed by atoms with Gasteiger partial charge in [-0.3, -0.25) is 9.58 Å². The van der Waals surface area contributed by atoms with Crippen molar-refractivity contribution in [3.63, 3.8) is 0 Å². The summed E-state index contributed by atoms with van der Waals surface area (Å²) in [5.74, 6) is -0.327. The van der Waals surface area contributed by atoms with Gasteiger partial charge in [0, 0.05) is 26.7 Å². The normalized spacial score (nSPS) is 21.5. The van der Waals surface area contributed by atoms with Crippen molar-refractivity contribution in [2.45, 2.75) is 6.04 Å². The predicted molar refractivity (Wildman–Crippen MR) is 62.8 cm³/mol. The van der Waals surface area contributed by atoms with E-state index in [9.17, 15) is 4.79 Å². The topological polar surface area (TPSA) is 59.4 Å². The minimum atomic E-state index is -0.327. The average Bonchev–Trinajstić information content (AvgIpc) is 2.71. The third-order valence-corrected chi connectivity index (χ3v) is 3.22. The van der Waals surface area contributed by atoms with Crippen LogP contribution in [0.3, 0.4) is 0 Å². The molecule has 0 aromatic carbocycles. The van der Waals surface area contributed by atoms with E-state index in [1.54, 1.807) is 10.9 Å². The molecule has 1 unspecified atom stereocenters. The van der Waals surface area contributed by atoms with Gasteiger partial charge in [-0.05, 0) is 7.05 Å². The summed E-state index contributed by atoms with van der Waals surface area (Å²) in [5.41, 5.74) is 1.46. The van der Waals surface area contributed by atoms with E-state index in [0.717, 1.165) is 25.3 Å². The van der Waals surface area contributed by atoms with E-state index < -0.39 is 0 Å². The van der Waals surface area contributed by atoms with Crippen molar-refractivity contribution in [3.05, 3.63) is 17.5 Å². The Morgan fingerprint density at radius 3 is 3.00 bits per heavy atom. The van der Waals surface area contributed by atoms with Gasteiger partial charge in [-0.25, -0.2) is 4.79 Å². The molecule has 1 aliphatic rings. The molecule has 0 saturated carbocycles. The zero-order valence-corrected chi connectivity index (χ0v) is 10.4. The summed E-state index contributed by atoms with van der Waals surface area (Å²) in [6, 6.07) is 0.158. The molecule has 94 valence electrons. The van der Waals surface area contributed by atoms with Gasteiger partial charge in [0.2, 0.25) is 0 Å². The Bertz CT molecular complexity index is 416. The number of carbonyl (C=O) groups excluding carboxylic acids is 1. The van der Waals surface area contributed by atoms with Crippen molar-refractivity contribution in [3.8, 4) is 0 Å². The van der Waals surface area contributed by atoms with Gasteiger partial charge in [-0.1, -0.05) is 0 Å². The molecule has 1 aromatic heterocycles. The van der Waals surface area contributed by atoms with Crippen LogP contribution in [-0.4, -0.2) is 54.4 Å². The summed E-state index contributed by atoms with van der Waals surface area (Å²) < 4.78 is 6.54. The van der Waals surface area contributed by atoms with E-state index in [1.807, 2.05) is 7.05 Å². The number of esters is 1. The Labute approximate surface area is 101 Å². The average molecular weight is 238 g/mol. The fourth-order valence-corrected chi connectivity index (χ4v) is 2.22. The second-order valence-electron chi connectivity index (χ2n) is 4.26. The fourth-order valence-electron chi connectivity index (χ4n) is 2.22. The molecule has 0 amide bonds. The first-order valence-electron chi connectivity index (χ1n) is 5.66. The molecule has 1 aromatic rings. The summed E-state index contributed by atoms with van der Waals surface area (Å²) in [7, 11) is 5.30. The molecular weight excluding hydrogens is 220 g/mol. The highest BCUT2D eigenvalue weighted by molar-refractivity contribution is 5.90. The monoisotopic (exact) mass is 238 g/mol. The zero-order valence-electron chi connectivity index (χ0n) is 10.4. The number of hydrogen-bond acceptors (Lipinski definition) is 5. The summed E-state index contributed by atoms with van der Waals surface area (Å²) in [6.45, 7) is 2.74. The minimum absolute atomic E-state index is 0.158. The highest BCUT2D eigenvalue weighted by atomic mass is 16.5. The summed E-state index contributed by atoms with van der Waals surface area (Å²) in [4.78, 5) is 13.9. The van der Waals surface area contributed by atoms with Crippen LogP contribution in [-0.2, 0) is 11.8 Å². The summed E-state index contributed by atoms with van der Waals surface area (Å²) in [5, 5.41) is 7.49. The molecule has 17 heavy (non-hydrogen) atoms. The van der Waals surface area contributed by atoms with Crippen molar-refractivity contribution < 1.29 is 9.53 Å². The van der Waals surface area contributed by atoms with E-state index in [2.05, 4.69) is 22.4 Å². The fraction of sp³-hybridized carbons (Fsp3) is 0.636. The second-order valence-corrected chi connectivity index (χ2v) is 4.26. The van der Waals surface area contributed by atoms with Gasteiger partial charge in [0.15, 0.2) is 0 Å². The summed E-state index contributed by atoms with van der Waals surface area (Å²) >= 11 is 0. The lowest BCUT2D eigenvalue weighted by atomic mass is 10.1. The Morgan fingerprint density at radius 2 is 2.35 bits per heavy atom. The number of carbonyl (C=O) groups is 1.